The maximum atomic E-state index is 11.3. The molecule has 0 saturated heterocycles. The third kappa shape index (κ3) is 4.04. The fraction of sp³-hybridized carbons (Fsp3) is 0.500. The molecule has 1 atom stereocenters. The Labute approximate surface area is 108 Å². The Morgan fingerprint density at radius 1 is 1.33 bits per heavy atom. The summed E-state index contributed by atoms with van der Waals surface area (Å²) in [6.07, 6.45) is 1.12. The van der Waals surface area contributed by atoms with Gasteiger partial charge in [0.1, 0.15) is 5.75 Å². The summed E-state index contributed by atoms with van der Waals surface area (Å²) in [5.74, 6) is 0.501. The molecule has 0 spiro atoms. The van der Waals surface area contributed by atoms with Crippen LogP contribution in [0.25, 0.3) is 0 Å². The highest BCUT2D eigenvalue weighted by molar-refractivity contribution is 5.71. The summed E-state index contributed by atoms with van der Waals surface area (Å²) in [5, 5.41) is 0. The second kappa shape index (κ2) is 6.40. The lowest BCUT2D eigenvalue weighted by Gasteiger charge is -2.24. The van der Waals surface area contributed by atoms with Crippen molar-refractivity contribution in [2.24, 2.45) is 5.73 Å². The van der Waals surface area contributed by atoms with Crippen LogP contribution in [0.4, 0.5) is 0 Å². The van der Waals surface area contributed by atoms with Crippen molar-refractivity contribution in [2.45, 2.75) is 32.2 Å². The number of ether oxygens (including phenoxy) is 2. The lowest BCUT2D eigenvalue weighted by molar-refractivity contribution is -0.141. The molecule has 1 aromatic carbocycles. The van der Waals surface area contributed by atoms with Crippen molar-refractivity contribution in [1.82, 2.24) is 0 Å². The minimum absolute atomic E-state index is 0.151. The summed E-state index contributed by atoms with van der Waals surface area (Å²) in [7, 11) is 1.36. The molecule has 18 heavy (non-hydrogen) atoms. The van der Waals surface area contributed by atoms with Crippen molar-refractivity contribution >= 4 is 5.97 Å². The van der Waals surface area contributed by atoms with E-state index >= 15 is 0 Å². The van der Waals surface area contributed by atoms with Crippen molar-refractivity contribution in [1.29, 1.82) is 0 Å². The number of hydrogen-bond donors (Lipinski definition) is 1. The molecule has 0 radical (unpaired) electrons. The van der Waals surface area contributed by atoms with Crippen LogP contribution in [0.2, 0.25) is 0 Å². The third-order valence-electron chi connectivity index (χ3n) is 2.73. The van der Waals surface area contributed by atoms with Gasteiger partial charge in [-0.15, -0.1) is 0 Å². The number of carbonyl (C=O) groups excluding carboxylic acids is 1. The van der Waals surface area contributed by atoms with E-state index in [2.05, 4.69) is 11.7 Å². The van der Waals surface area contributed by atoms with E-state index in [-0.39, 0.29) is 12.4 Å². The Hall–Kier alpha value is -1.55. The zero-order valence-corrected chi connectivity index (χ0v) is 11.2. The van der Waals surface area contributed by atoms with Crippen LogP contribution in [0.1, 0.15) is 32.3 Å². The number of hydrogen-bond acceptors (Lipinski definition) is 4. The van der Waals surface area contributed by atoms with Gasteiger partial charge in [0.2, 0.25) is 0 Å². The summed E-state index contributed by atoms with van der Waals surface area (Å²) in [6, 6.07) is 7.50. The van der Waals surface area contributed by atoms with Crippen molar-refractivity contribution < 1.29 is 14.3 Å². The smallest absolute Gasteiger partial charge is 0.307 e. The second-order valence-electron chi connectivity index (χ2n) is 4.54. The van der Waals surface area contributed by atoms with Gasteiger partial charge in [0.05, 0.1) is 20.1 Å². The Morgan fingerprint density at radius 3 is 2.44 bits per heavy atom. The number of carbonyl (C=O) groups is 1. The maximum Gasteiger partial charge on any atom is 0.307 e. The molecule has 2 N–H and O–H groups in total. The van der Waals surface area contributed by atoms with Crippen LogP contribution in [0.5, 0.6) is 5.75 Å². The molecule has 0 aliphatic rings. The average Bonchev–Trinajstić information content (AvgIpc) is 2.36. The quantitative estimate of drug-likeness (QED) is 0.787. The summed E-state index contributed by atoms with van der Waals surface area (Å²) in [4.78, 5) is 11.3. The third-order valence-corrected chi connectivity index (χ3v) is 2.73. The van der Waals surface area contributed by atoms with Gasteiger partial charge < -0.3 is 15.2 Å². The lowest BCUT2D eigenvalue weighted by Crippen LogP contribution is -2.35. The van der Waals surface area contributed by atoms with Crippen LogP contribution < -0.4 is 10.5 Å². The van der Waals surface area contributed by atoms with Gasteiger partial charge in [-0.3, -0.25) is 4.79 Å². The highest BCUT2D eigenvalue weighted by atomic mass is 16.5. The Kier molecular flexibility index (Phi) is 5.16. The molecule has 0 aliphatic heterocycles. The van der Waals surface area contributed by atoms with E-state index in [0.29, 0.717) is 6.61 Å². The predicted molar refractivity (Wildman–Crippen MR) is 70.4 cm³/mol. The van der Waals surface area contributed by atoms with Crippen LogP contribution in [0.3, 0.4) is 0 Å². The normalized spacial score (nSPS) is 13.8. The molecule has 1 rings (SSSR count). The highest BCUT2D eigenvalue weighted by Gasteiger charge is 2.25. The van der Waals surface area contributed by atoms with E-state index in [0.717, 1.165) is 17.7 Å². The van der Waals surface area contributed by atoms with Gasteiger partial charge in [-0.2, -0.15) is 0 Å². The van der Waals surface area contributed by atoms with Gasteiger partial charge in [0, 0.05) is 5.54 Å². The minimum Gasteiger partial charge on any atom is -0.494 e. The van der Waals surface area contributed by atoms with Gasteiger partial charge >= 0.3 is 5.97 Å². The van der Waals surface area contributed by atoms with E-state index < -0.39 is 5.54 Å². The maximum absolute atomic E-state index is 11.3. The summed E-state index contributed by atoms with van der Waals surface area (Å²) >= 11 is 0. The molecule has 0 aliphatic carbocycles. The van der Waals surface area contributed by atoms with E-state index in [4.69, 9.17) is 10.5 Å². The van der Waals surface area contributed by atoms with Crippen molar-refractivity contribution in [3.8, 4) is 5.75 Å². The first kappa shape index (κ1) is 14.5. The fourth-order valence-electron chi connectivity index (χ4n) is 1.63. The molecule has 0 bridgehead atoms. The van der Waals surface area contributed by atoms with Crippen LogP contribution in [0, 0.1) is 0 Å². The van der Waals surface area contributed by atoms with Gasteiger partial charge in [-0.05, 0) is 31.0 Å². The van der Waals surface area contributed by atoms with Crippen LogP contribution in [-0.2, 0) is 15.1 Å². The molecular weight excluding hydrogens is 230 g/mol. The topological polar surface area (TPSA) is 61.5 Å². The van der Waals surface area contributed by atoms with Crippen molar-refractivity contribution in [2.75, 3.05) is 13.7 Å². The largest absolute Gasteiger partial charge is 0.494 e. The van der Waals surface area contributed by atoms with E-state index in [1.54, 1.807) is 0 Å². The van der Waals surface area contributed by atoms with E-state index in [1.807, 2.05) is 31.2 Å². The molecule has 0 fully saturated rings. The standard InChI is InChI=1S/C14H21NO3/c1-4-9-18-12-7-5-11(6-8-12)14(2,15)10-13(16)17-3/h5-8H,4,9-10,15H2,1-3H3. The van der Waals surface area contributed by atoms with Crippen molar-refractivity contribution in [3.05, 3.63) is 29.8 Å². The number of methoxy groups -OCH3 is 1. The van der Waals surface area contributed by atoms with E-state index in [9.17, 15) is 4.79 Å². The predicted octanol–water partition coefficient (Wildman–Crippen LogP) is 2.21. The molecule has 0 saturated carbocycles. The molecule has 0 heterocycles. The van der Waals surface area contributed by atoms with Gasteiger partial charge in [0.25, 0.3) is 0 Å². The monoisotopic (exact) mass is 251 g/mol. The van der Waals surface area contributed by atoms with Crippen LogP contribution in [-0.4, -0.2) is 19.7 Å². The zero-order valence-electron chi connectivity index (χ0n) is 11.2. The van der Waals surface area contributed by atoms with Crippen molar-refractivity contribution in [3.63, 3.8) is 0 Å². The van der Waals surface area contributed by atoms with Crippen LogP contribution in [0.15, 0.2) is 24.3 Å². The molecule has 4 heteroatoms. The molecule has 0 amide bonds. The molecule has 4 nitrogen and oxygen atoms in total. The first-order valence-corrected chi connectivity index (χ1v) is 6.08. The Bertz CT molecular complexity index is 385. The molecular formula is C14H21NO3. The Balaban J connectivity index is 2.73. The molecule has 1 unspecified atom stereocenters. The summed E-state index contributed by atoms with van der Waals surface area (Å²) in [5.41, 5.74) is 6.28. The first-order chi connectivity index (χ1) is 8.49. The number of nitrogens with two attached hydrogens (primary N) is 1. The van der Waals surface area contributed by atoms with Gasteiger partial charge in [-0.1, -0.05) is 19.1 Å². The SMILES string of the molecule is CCCOc1ccc(C(C)(N)CC(=O)OC)cc1. The molecule has 1 aromatic rings. The minimum atomic E-state index is -0.726. The van der Waals surface area contributed by atoms with Gasteiger partial charge in [-0.25, -0.2) is 0 Å². The average molecular weight is 251 g/mol. The second-order valence-corrected chi connectivity index (χ2v) is 4.54. The molecule has 0 aromatic heterocycles. The summed E-state index contributed by atoms with van der Waals surface area (Å²) < 4.78 is 10.1. The fourth-order valence-corrected chi connectivity index (χ4v) is 1.63. The Morgan fingerprint density at radius 2 is 1.94 bits per heavy atom. The highest BCUT2D eigenvalue weighted by Crippen LogP contribution is 2.24. The zero-order chi connectivity index (χ0) is 13.6. The summed E-state index contributed by atoms with van der Waals surface area (Å²) in [6.45, 7) is 4.56. The van der Waals surface area contributed by atoms with Crippen LogP contribution >= 0.6 is 0 Å². The van der Waals surface area contributed by atoms with E-state index in [1.165, 1.54) is 7.11 Å². The first-order valence-electron chi connectivity index (χ1n) is 6.08. The number of esters is 1. The number of rotatable bonds is 6. The number of benzene rings is 1. The molecule has 100 valence electrons. The lowest BCUT2D eigenvalue weighted by atomic mass is 9.90. The van der Waals surface area contributed by atoms with Gasteiger partial charge in [0.15, 0.2) is 0 Å².